The Balaban J connectivity index is 1.56. The first-order chi connectivity index (χ1) is 15.6. The second-order valence-electron chi connectivity index (χ2n) is 7.65. The summed E-state index contributed by atoms with van der Waals surface area (Å²) in [4.78, 5) is 0. The highest BCUT2D eigenvalue weighted by atomic mass is 35.5. The van der Waals surface area contributed by atoms with E-state index in [1.54, 1.807) is 13.2 Å². The molecule has 0 saturated heterocycles. The Hall–Kier alpha value is -2.89. The maximum atomic E-state index is 6.54. The molecule has 2 atom stereocenters. The summed E-state index contributed by atoms with van der Waals surface area (Å²) in [5, 5.41) is 8.06. The fraction of sp³-hybridized carbons (Fsp3) is 0.240. The molecule has 0 spiro atoms. The zero-order chi connectivity index (χ0) is 22.2. The lowest BCUT2D eigenvalue weighted by molar-refractivity contribution is -0.0189. The molecule has 0 N–H and O–H groups in total. The van der Waals surface area contributed by atoms with Crippen molar-refractivity contribution in [1.29, 1.82) is 0 Å². The van der Waals surface area contributed by atoms with Gasteiger partial charge < -0.3 is 14.2 Å². The molecule has 2 heterocycles. The van der Waals surface area contributed by atoms with Crippen molar-refractivity contribution in [1.82, 2.24) is 5.01 Å². The normalized spacial score (nSPS) is 19.0. The van der Waals surface area contributed by atoms with Crippen LogP contribution in [0, 0.1) is 0 Å². The lowest BCUT2D eigenvalue weighted by Crippen LogP contribution is -2.33. The minimum Gasteiger partial charge on any atom is -0.497 e. The molecule has 0 amide bonds. The molecule has 0 fully saturated rings. The molecular weight excluding hydrogens is 447 g/mol. The van der Waals surface area contributed by atoms with Gasteiger partial charge in [-0.2, -0.15) is 5.10 Å². The summed E-state index contributed by atoms with van der Waals surface area (Å²) in [5.74, 6) is 2.28. The summed E-state index contributed by atoms with van der Waals surface area (Å²) in [7, 11) is 1.66. The molecule has 2 aliphatic heterocycles. The van der Waals surface area contributed by atoms with Crippen molar-refractivity contribution in [2.75, 3.05) is 13.7 Å². The molecule has 5 rings (SSSR count). The first kappa shape index (κ1) is 21.0. The summed E-state index contributed by atoms with van der Waals surface area (Å²) in [6.07, 6.45) is 0.296. The van der Waals surface area contributed by atoms with Crippen molar-refractivity contribution in [2.24, 2.45) is 5.10 Å². The summed E-state index contributed by atoms with van der Waals surface area (Å²) < 4.78 is 17.3. The van der Waals surface area contributed by atoms with Gasteiger partial charge in [0.05, 0.1) is 30.5 Å². The fourth-order valence-corrected chi connectivity index (χ4v) is 4.74. The predicted molar refractivity (Wildman–Crippen MR) is 126 cm³/mol. The van der Waals surface area contributed by atoms with Gasteiger partial charge in [0.1, 0.15) is 17.2 Å². The zero-order valence-electron chi connectivity index (χ0n) is 17.7. The highest BCUT2D eigenvalue weighted by Crippen LogP contribution is 2.50. The van der Waals surface area contributed by atoms with Crippen molar-refractivity contribution in [3.8, 4) is 17.2 Å². The lowest BCUT2D eigenvalue weighted by atomic mass is 9.96. The number of hydrogen-bond acceptors (Lipinski definition) is 5. The quantitative estimate of drug-likeness (QED) is 0.420. The van der Waals surface area contributed by atoms with Gasteiger partial charge in [-0.1, -0.05) is 23.2 Å². The van der Waals surface area contributed by atoms with E-state index in [0.29, 0.717) is 28.8 Å². The molecule has 7 heteroatoms. The minimum absolute atomic E-state index is 0.0383. The Morgan fingerprint density at radius 1 is 1.03 bits per heavy atom. The number of benzene rings is 3. The Morgan fingerprint density at radius 2 is 1.75 bits per heavy atom. The fourth-order valence-electron chi connectivity index (χ4n) is 4.19. The van der Waals surface area contributed by atoms with E-state index in [-0.39, 0.29) is 6.04 Å². The van der Waals surface area contributed by atoms with E-state index in [1.165, 1.54) is 0 Å². The third-order valence-electron chi connectivity index (χ3n) is 5.71. The molecule has 5 nitrogen and oxygen atoms in total. The van der Waals surface area contributed by atoms with E-state index in [4.69, 9.17) is 42.5 Å². The highest BCUT2D eigenvalue weighted by Gasteiger charge is 2.42. The number of nitrogens with zero attached hydrogens (tertiary/aromatic N) is 2. The average molecular weight is 469 g/mol. The summed E-state index contributed by atoms with van der Waals surface area (Å²) in [6.45, 7) is 2.58. The number of rotatable bonds is 5. The first-order valence-corrected chi connectivity index (χ1v) is 11.2. The maximum Gasteiger partial charge on any atom is 0.213 e. The molecule has 0 unspecified atom stereocenters. The minimum atomic E-state index is -0.419. The molecule has 0 aromatic heterocycles. The number of hydrazone groups is 1. The van der Waals surface area contributed by atoms with Crippen LogP contribution >= 0.6 is 23.2 Å². The first-order valence-electron chi connectivity index (χ1n) is 10.5. The van der Waals surface area contributed by atoms with Crippen LogP contribution in [0.1, 0.15) is 42.3 Å². The number of fused-ring (bicyclic) bond motifs is 3. The van der Waals surface area contributed by atoms with Crippen LogP contribution in [-0.4, -0.2) is 24.4 Å². The number of halogens is 2. The van der Waals surface area contributed by atoms with Crippen molar-refractivity contribution >= 4 is 28.9 Å². The molecule has 3 aromatic carbocycles. The number of ether oxygens (including phenoxy) is 3. The SMILES string of the molecule is CCOc1ccc([C@H]2Oc3c(Cl)cc(Cl)cc3[C@@H]3CC(c4ccc(OC)cc4)=NN23)cc1. The molecule has 3 aromatic rings. The zero-order valence-corrected chi connectivity index (χ0v) is 19.2. The molecule has 0 saturated carbocycles. The monoisotopic (exact) mass is 468 g/mol. The molecule has 0 radical (unpaired) electrons. The molecule has 2 aliphatic rings. The Bertz CT molecular complexity index is 1160. The maximum absolute atomic E-state index is 6.54. The topological polar surface area (TPSA) is 43.3 Å². The van der Waals surface area contributed by atoms with E-state index in [2.05, 4.69) is 0 Å². The van der Waals surface area contributed by atoms with Gasteiger partial charge in [-0.3, -0.25) is 0 Å². The number of methoxy groups -OCH3 is 1. The van der Waals surface area contributed by atoms with Gasteiger partial charge in [-0.15, -0.1) is 0 Å². The van der Waals surface area contributed by atoms with Gasteiger partial charge in [0.2, 0.25) is 6.23 Å². The van der Waals surface area contributed by atoms with Gasteiger partial charge in [-0.25, -0.2) is 5.01 Å². The van der Waals surface area contributed by atoms with Crippen molar-refractivity contribution in [3.63, 3.8) is 0 Å². The van der Waals surface area contributed by atoms with Crippen molar-refractivity contribution < 1.29 is 14.2 Å². The third kappa shape index (κ3) is 3.76. The van der Waals surface area contributed by atoms with Gasteiger partial charge in [0.25, 0.3) is 0 Å². The van der Waals surface area contributed by atoms with E-state index >= 15 is 0 Å². The lowest BCUT2D eigenvalue weighted by Gasteiger charge is -2.38. The largest absolute Gasteiger partial charge is 0.497 e. The van der Waals surface area contributed by atoms with Crippen LogP contribution < -0.4 is 14.2 Å². The van der Waals surface area contributed by atoms with Crippen LogP contribution in [0.25, 0.3) is 0 Å². The van der Waals surface area contributed by atoms with Crippen molar-refractivity contribution in [3.05, 3.63) is 87.4 Å². The van der Waals surface area contributed by atoms with Crippen LogP contribution in [0.15, 0.2) is 65.8 Å². The van der Waals surface area contributed by atoms with E-state index in [0.717, 1.165) is 33.9 Å². The second-order valence-corrected chi connectivity index (χ2v) is 8.50. The third-order valence-corrected chi connectivity index (χ3v) is 6.21. The van der Waals surface area contributed by atoms with E-state index in [9.17, 15) is 0 Å². The van der Waals surface area contributed by atoms with Gasteiger partial charge >= 0.3 is 0 Å². The average Bonchev–Trinajstić information content (AvgIpc) is 3.25. The summed E-state index contributed by atoms with van der Waals surface area (Å²) in [5.41, 5.74) is 3.92. The van der Waals surface area contributed by atoms with E-state index < -0.39 is 6.23 Å². The van der Waals surface area contributed by atoms with Crippen molar-refractivity contribution in [2.45, 2.75) is 25.6 Å². The van der Waals surface area contributed by atoms with E-state index in [1.807, 2.05) is 66.5 Å². The molecular formula is C25H22Cl2N2O3. The van der Waals surface area contributed by atoms with Crippen LogP contribution in [0.2, 0.25) is 10.0 Å². The second kappa shape index (κ2) is 8.57. The molecule has 0 bridgehead atoms. The standard InChI is InChI=1S/C25H22Cl2N2O3/c1-3-31-19-10-6-16(7-11-19)25-29-23(20-12-17(26)13-21(27)24(20)32-25)14-22(28-29)15-4-8-18(30-2)9-5-15/h4-13,23,25H,3,14H2,1-2H3/t23-,25+/m0/s1. The predicted octanol–water partition coefficient (Wildman–Crippen LogP) is 6.64. The Kier molecular flexibility index (Phi) is 5.62. The van der Waals surface area contributed by atoms with Crippen LogP contribution in [0.3, 0.4) is 0 Å². The molecule has 0 aliphatic carbocycles. The molecule has 32 heavy (non-hydrogen) atoms. The van der Waals surface area contributed by atoms with Gasteiger partial charge in [0.15, 0.2) is 0 Å². The molecule has 164 valence electrons. The van der Waals surface area contributed by atoms with Crippen LogP contribution in [0.5, 0.6) is 17.2 Å². The van der Waals surface area contributed by atoms with Gasteiger partial charge in [0, 0.05) is 22.6 Å². The Labute approximate surface area is 197 Å². The summed E-state index contributed by atoms with van der Waals surface area (Å²) >= 11 is 12.9. The van der Waals surface area contributed by atoms with Crippen LogP contribution in [0.4, 0.5) is 0 Å². The smallest absolute Gasteiger partial charge is 0.213 e. The van der Waals surface area contributed by atoms with Crippen LogP contribution in [-0.2, 0) is 0 Å². The summed E-state index contributed by atoms with van der Waals surface area (Å²) in [6, 6.07) is 19.4. The number of hydrogen-bond donors (Lipinski definition) is 0. The Morgan fingerprint density at radius 3 is 2.44 bits per heavy atom. The van der Waals surface area contributed by atoms with Gasteiger partial charge in [-0.05, 0) is 73.2 Å². The highest BCUT2D eigenvalue weighted by molar-refractivity contribution is 6.35.